The van der Waals surface area contributed by atoms with E-state index in [0.717, 1.165) is 11.1 Å². The van der Waals surface area contributed by atoms with Gasteiger partial charge in [-0.25, -0.2) is 0 Å². The summed E-state index contributed by atoms with van der Waals surface area (Å²) in [6.45, 7) is -0.0568. The van der Waals surface area contributed by atoms with E-state index in [2.05, 4.69) is 10.4 Å². The SMILES string of the molecule is Cn1cc(NC(=O)COc2ccccc2-c2ccccc2)cn1. The molecule has 1 heterocycles. The highest BCUT2D eigenvalue weighted by molar-refractivity contribution is 5.91. The molecule has 0 saturated carbocycles. The van der Waals surface area contributed by atoms with Crippen LogP contribution in [0.25, 0.3) is 11.1 Å². The van der Waals surface area contributed by atoms with E-state index < -0.39 is 0 Å². The maximum atomic E-state index is 12.0. The maximum absolute atomic E-state index is 12.0. The van der Waals surface area contributed by atoms with Crippen molar-refractivity contribution in [3.05, 3.63) is 67.0 Å². The molecular weight excluding hydrogens is 290 g/mol. The fourth-order valence-corrected chi connectivity index (χ4v) is 2.27. The third-order valence-electron chi connectivity index (χ3n) is 3.32. The Kier molecular flexibility index (Phi) is 4.38. The van der Waals surface area contributed by atoms with Crippen molar-refractivity contribution in [1.29, 1.82) is 0 Å². The van der Waals surface area contributed by atoms with Crippen molar-refractivity contribution >= 4 is 11.6 Å². The van der Waals surface area contributed by atoms with Crippen LogP contribution < -0.4 is 10.1 Å². The zero-order valence-electron chi connectivity index (χ0n) is 12.8. The van der Waals surface area contributed by atoms with Crippen LogP contribution in [-0.4, -0.2) is 22.3 Å². The lowest BCUT2D eigenvalue weighted by Gasteiger charge is -2.11. The molecule has 3 aromatic rings. The van der Waals surface area contributed by atoms with Gasteiger partial charge in [0.15, 0.2) is 6.61 Å². The minimum atomic E-state index is -0.221. The van der Waals surface area contributed by atoms with E-state index in [1.807, 2.05) is 54.6 Å². The summed E-state index contributed by atoms with van der Waals surface area (Å²) in [5, 5.41) is 6.75. The summed E-state index contributed by atoms with van der Waals surface area (Å²) in [5.41, 5.74) is 2.66. The predicted molar refractivity (Wildman–Crippen MR) is 89.2 cm³/mol. The van der Waals surface area contributed by atoms with Crippen molar-refractivity contribution in [2.45, 2.75) is 0 Å². The topological polar surface area (TPSA) is 56.2 Å². The lowest BCUT2D eigenvalue weighted by atomic mass is 10.1. The van der Waals surface area contributed by atoms with Crippen LogP contribution in [0.15, 0.2) is 67.0 Å². The third-order valence-corrected chi connectivity index (χ3v) is 3.32. The number of anilines is 1. The van der Waals surface area contributed by atoms with Gasteiger partial charge in [0.2, 0.25) is 0 Å². The average molecular weight is 307 g/mol. The van der Waals surface area contributed by atoms with Crippen LogP contribution in [0, 0.1) is 0 Å². The van der Waals surface area contributed by atoms with Crippen LogP contribution in [0.3, 0.4) is 0 Å². The number of carbonyl (C=O) groups is 1. The van der Waals surface area contributed by atoms with Gasteiger partial charge in [-0.05, 0) is 11.6 Å². The van der Waals surface area contributed by atoms with Crippen LogP contribution in [0.2, 0.25) is 0 Å². The summed E-state index contributed by atoms with van der Waals surface area (Å²) < 4.78 is 7.32. The monoisotopic (exact) mass is 307 g/mol. The molecule has 5 heteroatoms. The van der Waals surface area contributed by atoms with Gasteiger partial charge in [-0.2, -0.15) is 5.10 Å². The van der Waals surface area contributed by atoms with Crippen molar-refractivity contribution in [1.82, 2.24) is 9.78 Å². The normalized spacial score (nSPS) is 10.3. The number of rotatable bonds is 5. The number of aryl methyl sites for hydroxylation is 1. The van der Waals surface area contributed by atoms with Gasteiger partial charge in [0.25, 0.3) is 5.91 Å². The Morgan fingerprint density at radius 1 is 1.13 bits per heavy atom. The Bertz CT molecular complexity index is 797. The molecule has 0 bridgehead atoms. The van der Waals surface area contributed by atoms with E-state index in [1.165, 1.54) is 0 Å². The molecule has 0 spiro atoms. The first kappa shape index (κ1) is 14.8. The molecule has 0 fully saturated rings. The molecule has 0 aliphatic rings. The molecule has 2 aromatic carbocycles. The van der Waals surface area contributed by atoms with E-state index in [-0.39, 0.29) is 12.5 Å². The molecule has 0 aliphatic carbocycles. The molecule has 0 radical (unpaired) electrons. The summed E-state index contributed by atoms with van der Waals surface area (Å²) in [4.78, 5) is 12.0. The number of aromatic nitrogens is 2. The minimum Gasteiger partial charge on any atom is -0.483 e. The molecule has 3 rings (SSSR count). The molecule has 23 heavy (non-hydrogen) atoms. The first-order chi connectivity index (χ1) is 11.2. The Morgan fingerprint density at radius 2 is 1.87 bits per heavy atom. The Balaban J connectivity index is 1.68. The molecule has 0 aliphatic heterocycles. The molecule has 1 aromatic heterocycles. The molecule has 0 atom stereocenters. The molecule has 116 valence electrons. The number of nitrogens with zero attached hydrogens (tertiary/aromatic N) is 2. The fourth-order valence-electron chi connectivity index (χ4n) is 2.27. The second-order valence-corrected chi connectivity index (χ2v) is 5.10. The number of benzene rings is 2. The quantitative estimate of drug-likeness (QED) is 0.788. The molecule has 1 amide bonds. The van der Waals surface area contributed by atoms with Gasteiger partial charge < -0.3 is 10.1 Å². The van der Waals surface area contributed by atoms with E-state index in [4.69, 9.17) is 4.74 Å². The van der Waals surface area contributed by atoms with Crippen molar-refractivity contribution < 1.29 is 9.53 Å². The van der Waals surface area contributed by atoms with Crippen LogP contribution in [0.4, 0.5) is 5.69 Å². The van der Waals surface area contributed by atoms with Crippen LogP contribution in [0.5, 0.6) is 5.75 Å². The number of hydrogen-bond acceptors (Lipinski definition) is 3. The number of ether oxygens (including phenoxy) is 1. The van der Waals surface area contributed by atoms with Crippen LogP contribution >= 0.6 is 0 Å². The molecular formula is C18H17N3O2. The zero-order valence-corrected chi connectivity index (χ0v) is 12.8. The van der Waals surface area contributed by atoms with Crippen molar-refractivity contribution in [2.75, 3.05) is 11.9 Å². The van der Waals surface area contributed by atoms with Crippen molar-refractivity contribution in [3.8, 4) is 16.9 Å². The van der Waals surface area contributed by atoms with Gasteiger partial charge in [-0.1, -0.05) is 48.5 Å². The third kappa shape index (κ3) is 3.77. The predicted octanol–water partition coefficient (Wildman–Crippen LogP) is 3.10. The largest absolute Gasteiger partial charge is 0.483 e. The summed E-state index contributed by atoms with van der Waals surface area (Å²) in [6, 6.07) is 17.6. The van der Waals surface area contributed by atoms with E-state index in [9.17, 15) is 4.79 Å². The standard InChI is InChI=1S/C18H17N3O2/c1-21-12-15(11-19-21)20-18(22)13-23-17-10-6-5-9-16(17)14-7-3-2-4-8-14/h2-12H,13H2,1H3,(H,20,22). The second-order valence-electron chi connectivity index (χ2n) is 5.10. The fraction of sp³-hybridized carbons (Fsp3) is 0.111. The van der Waals surface area contributed by atoms with Gasteiger partial charge in [0.1, 0.15) is 5.75 Å². The lowest BCUT2D eigenvalue weighted by Crippen LogP contribution is -2.20. The molecule has 0 unspecified atom stereocenters. The number of para-hydroxylation sites is 1. The van der Waals surface area contributed by atoms with Gasteiger partial charge >= 0.3 is 0 Å². The second kappa shape index (κ2) is 6.79. The van der Waals surface area contributed by atoms with Gasteiger partial charge in [-0.3, -0.25) is 9.48 Å². The highest BCUT2D eigenvalue weighted by atomic mass is 16.5. The van der Waals surface area contributed by atoms with Gasteiger partial charge in [-0.15, -0.1) is 0 Å². The Labute approximate surface area is 134 Å². The molecule has 1 N–H and O–H groups in total. The first-order valence-corrected chi connectivity index (χ1v) is 7.28. The summed E-state index contributed by atoms with van der Waals surface area (Å²) >= 11 is 0. The average Bonchev–Trinajstić information content (AvgIpc) is 2.99. The van der Waals surface area contributed by atoms with Gasteiger partial charge in [0.05, 0.1) is 11.9 Å². The minimum absolute atomic E-state index is 0.0568. The smallest absolute Gasteiger partial charge is 0.262 e. The highest BCUT2D eigenvalue weighted by Gasteiger charge is 2.09. The van der Waals surface area contributed by atoms with Crippen LogP contribution in [-0.2, 0) is 11.8 Å². The summed E-state index contributed by atoms with van der Waals surface area (Å²) in [6.07, 6.45) is 3.33. The lowest BCUT2D eigenvalue weighted by molar-refractivity contribution is -0.118. The number of amides is 1. The van der Waals surface area contributed by atoms with Crippen LogP contribution in [0.1, 0.15) is 0 Å². The first-order valence-electron chi connectivity index (χ1n) is 7.28. The van der Waals surface area contributed by atoms with E-state index >= 15 is 0 Å². The maximum Gasteiger partial charge on any atom is 0.262 e. The van der Waals surface area contributed by atoms with E-state index in [0.29, 0.717) is 11.4 Å². The molecule has 5 nitrogen and oxygen atoms in total. The van der Waals surface area contributed by atoms with Gasteiger partial charge in [0, 0.05) is 18.8 Å². The Hall–Kier alpha value is -3.08. The number of hydrogen-bond donors (Lipinski definition) is 1. The highest BCUT2D eigenvalue weighted by Crippen LogP contribution is 2.29. The molecule has 0 saturated heterocycles. The number of carbonyl (C=O) groups excluding carboxylic acids is 1. The number of nitrogens with one attached hydrogen (secondary N) is 1. The van der Waals surface area contributed by atoms with E-state index in [1.54, 1.807) is 24.1 Å². The van der Waals surface area contributed by atoms with Crippen molar-refractivity contribution in [2.24, 2.45) is 7.05 Å². The van der Waals surface area contributed by atoms with Crippen molar-refractivity contribution in [3.63, 3.8) is 0 Å². The Morgan fingerprint density at radius 3 is 2.61 bits per heavy atom. The summed E-state index contributed by atoms with van der Waals surface area (Å²) in [5.74, 6) is 0.459. The zero-order chi connectivity index (χ0) is 16.1. The summed E-state index contributed by atoms with van der Waals surface area (Å²) in [7, 11) is 1.79.